The van der Waals surface area contributed by atoms with Crippen molar-refractivity contribution >= 4 is 32.7 Å². The average molecular weight is 499 g/mol. The molecule has 2 amide bonds. The summed E-state index contributed by atoms with van der Waals surface area (Å²) in [4.78, 5) is 29.6. The Morgan fingerprint density at radius 2 is 1.86 bits per heavy atom. The number of sulfonamides is 1. The summed E-state index contributed by atoms with van der Waals surface area (Å²) < 4.78 is 34.3. The van der Waals surface area contributed by atoms with Crippen molar-refractivity contribution in [2.24, 2.45) is 5.92 Å². The third-order valence-electron chi connectivity index (χ3n) is 5.98. The van der Waals surface area contributed by atoms with Crippen LogP contribution in [0.1, 0.15) is 18.2 Å². The van der Waals surface area contributed by atoms with Crippen LogP contribution in [0.3, 0.4) is 0 Å². The number of pyridine rings is 1. The number of hydrogen-bond donors (Lipinski definition) is 3. The fraction of sp³-hybridized carbons (Fsp3) is 0.292. The number of hydrogen-bond acceptors (Lipinski definition) is 7. The van der Waals surface area contributed by atoms with Gasteiger partial charge in [0.1, 0.15) is 12.4 Å². The molecular formula is C24H26N4O6S. The lowest BCUT2D eigenvalue weighted by molar-refractivity contribution is -0.133. The molecule has 0 bridgehead atoms. The van der Waals surface area contributed by atoms with Gasteiger partial charge in [0.2, 0.25) is 21.8 Å². The summed E-state index contributed by atoms with van der Waals surface area (Å²) >= 11 is 0. The van der Waals surface area contributed by atoms with Gasteiger partial charge in [-0.3, -0.25) is 19.8 Å². The number of rotatable bonds is 7. The number of aromatic nitrogens is 1. The average Bonchev–Trinajstić information content (AvgIpc) is 3.25. The third kappa shape index (κ3) is 5.42. The zero-order valence-electron chi connectivity index (χ0n) is 19.3. The molecule has 0 spiro atoms. The van der Waals surface area contributed by atoms with Gasteiger partial charge in [-0.25, -0.2) is 18.6 Å². The van der Waals surface area contributed by atoms with Crippen LogP contribution in [0, 0.1) is 12.8 Å². The van der Waals surface area contributed by atoms with Crippen molar-refractivity contribution in [3.63, 3.8) is 0 Å². The first-order valence-electron chi connectivity index (χ1n) is 11.0. The highest BCUT2D eigenvalue weighted by Gasteiger charge is 2.40. The summed E-state index contributed by atoms with van der Waals surface area (Å²) in [6.45, 7) is 3.56. The second-order valence-corrected chi connectivity index (χ2v) is 10.1. The largest absolute Gasteiger partial charge is 0.489 e. The molecule has 184 valence electrons. The van der Waals surface area contributed by atoms with Gasteiger partial charge in [0.15, 0.2) is 0 Å². The van der Waals surface area contributed by atoms with E-state index in [2.05, 4.69) is 9.71 Å². The quantitative estimate of drug-likeness (QED) is 0.333. The van der Waals surface area contributed by atoms with Crippen LogP contribution in [0.5, 0.6) is 5.75 Å². The maximum absolute atomic E-state index is 12.9. The molecule has 1 aromatic heterocycles. The van der Waals surface area contributed by atoms with E-state index in [1.54, 1.807) is 12.1 Å². The maximum atomic E-state index is 12.9. The van der Waals surface area contributed by atoms with E-state index < -0.39 is 27.9 Å². The number of para-hydroxylation sites is 1. The zero-order chi connectivity index (χ0) is 25.2. The molecule has 1 aliphatic rings. The number of nitrogens with one attached hydrogen (secondary N) is 2. The van der Waals surface area contributed by atoms with Gasteiger partial charge in [-0.05, 0) is 43.3 Å². The molecule has 10 nitrogen and oxygen atoms in total. The highest BCUT2D eigenvalue weighted by atomic mass is 32.2. The normalized spacial score (nSPS) is 18.0. The van der Waals surface area contributed by atoms with Crippen molar-refractivity contribution in [1.29, 1.82) is 0 Å². The summed E-state index contributed by atoms with van der Waals surface area (Å²) in [5.74, 6) is -1.48. The Morgan fingerprint density at radius 3 is 2.54 bits per heavy atom. The van der Waals surface area contributed by atoms with Gasteiger partial charge in [-0.1, -0.05) is 18.2 Å². The lowest BCUT2D eigenvalue weighted by Crippen LogP contribution is -2.45. The zero-order valence-corrected chi connectivity index (χ0v) is 20.1. The molecule has 3 N–H and O–H groups in total. The minimum Gasteiger partial charge on any atom is -0.489 e. The van der Waals surface area contributed by atoms with Crippen molar-refractivity contribution in [3.8, 4) is 5.75 Å². The number of benzene rings is 2. The Kier molecular flexibility index (Phi) is 7.01. The van der Waals surface area contributed by atoms with E-state index in [1.165, 1.54) is 29.4 Å². The van der Waals surface area contributed by atoms with Crippen molar-refractivity contribution in [2.75, 3.05) is 13.1 Å². The molecule has 1 aliphatic heterocycles. The van der Waals surface area contributed by atoms with Gasteiger partial charge in [-0.15, -0.1) is 0 Å². The Balaban J connectivity index is 1.46. The van der Waals surface area contributed by atoms with Crippen LogP contribution in [0.25, 0.3) is 10.9 Å². The molecule has 2 aromatic carbocycles. The van der Waals surface area contributed by atoms with Crippen LogP contribution >= 0.6 is 0 Å². The number of aryl methyl sites for hydroxylation is 1. The highest BCUT2D eigenvalue weighted by Crippen LogP contribution is 2.23. The molecule has 4 rings (SSSR count). The highest BCUT2D eigenvalue weighted by molar-refractivity contribution is 7.89. The fourth-order valence-electron chi connectivity index (χ4n) is 4.19. The molecule has 3 aromatic rings. The van der Waals surface area contributed by atoms with Gasteiger partial charge in [0.25, 0.3) is 0 Å². The van der Waals surface area contributed by atoms with Gasteiger partial charge in [-0.2, -0.15) is 0 Å². The third-order valence-corrected chi connectivity index (χ3v) is 7.48. The maximum Gasteiger partial charge on any atom is 0.249 e. The van der Waals surface area contributed by atoms with E-state index >= 15 is 0 Å². The molecule has 35 heavy (non-hydrogen) atoms. The first kappa shape index (κ1) is 24.6. The van der Waals surface area contributed by atoms with E-state index in [-0.39, 0.29) is 30.5 Å². The number of likely N-dealkylation sites (tertiary alicyclic amines) is 1. The molecule has 1 saturated heterocycles. The summed E-state index contributed by atoms with van der Waals surface area (Å²) in [6, 6.07) is 14.8. The Labute approximate surface area is 202 Å². The van der Waals surface area contributed by atoms with Crippen LogP contribution in [0.4, 0.5) is 0 Å². The number of ether oxygens (including phenoxy) is 1. The Bertz CT molecular complexity index is 1360. The summed E-state index contributed by atoms with van der Waals surface area (Å²) in [5, 5.41) is 9.98. The van der Waals surface area contributed by atoms with Gasteiger partial charge in [0, 0.05) is 36.7 Å². The molecule has 0 aliphatic carbocycles. The van der Waals surface area contributed by atoms with Crippen LogP contribution in [-0.2, 0) is 26.2 Å². The van der Waals surface area contributed by atoms with Crippen molar-refractivity contribution < 1.29 is 28.0 Å². The first-order chi connectivity index (χ1) is 16.7. The smallest absolute Gasteiger partial charge is 0.249 e. The molecule has 2 atom stereocenters. The summed E-state index contributed by atoms with van der Waals surface area (Å²) in [6.07, 6.45) is 0. The van der Waals surface area contributed by atoms with Gasteiger partial charge in [0.05, 0.1) is 22.4 Å². The Hall–Kier alpha value is -3.54. The summed E-state index contributed by atoms with van der Waals surface area (Å²) in [5.41, 5.74) is 4.26. The fourth-order valence-corrected chi connectivity index (χ4v) is 5.45. The number of amides is 2. The second-order valence-electron chi connectivity index (χ2n) is 8.43. The molecule has 11 heteroatoms. The predicted molar refractivity (Wildman–Crippen MR) is 127 cm³/mol. The SMILES string of the molecule is CC(=O)N1C[C@H](NS(=O)(=O)c2ccc(OCc3cc(C)nc4ccccc34)cc2)[C@H](C(=O)NO)C1. The van der Waals surface area contributed by atoms with E-state index in [0.717, 1.165) is 22.2 Å². The van der Waals surface area contributed by atoms with Gasteiger partial charge < -0.3 is 9.64 Å². The standard InChI is InChI=1S/C24H26N4O6S/c1-15-11-17(20-5-3-4-6-22(20)25-15)14-34-18-7-9-19(10-8-18)35(32,33)27-23-13-28(16(2)29)12-21(23)24(30)26-31/h3-11,21,23,27,31H,12-14H2,1-2H3,(H,26,30)/t21-,23+/m1/s1. The van der Waals surface area contributed by atoms with Crippen LogP contribution in [-0.4, -0.2) is 54.5 Å². The predicted octanol–water partition coefficient (Wildman–Crippen LogP) is 1.75. The molecule has 0 radical (unpaired) electrons. The monoisotopic (exact) mass is 498 g/mol. The number of carbonyl (C=O) groups is 2. The van der Waals surface area contributed by atoms with E-state index in [9.17, 15) is 18.0 Å². The number of fused-ring (bicyclic) bond motifs is 1. The lowest BCUT2D eigenvalue weighted by Gasteiger charge is -2.18. The minimum absolute atomic E-state index is 0.00482. The topological polar surface area (TPSA) is 138 Å². The summed E-state index contributed by atoms with van der Waals surface area (Å²) in [7, 11) is -4.00. The van der Waals surface area contributed by atoms with Crippen molar-refractivity contribution in [1.82, 2.24) is 20.1 Å². The van der Waals surface area contributed by atoms with E-state index in [0.29, 0.717) is 5.75 Å². The van der Waals surface area contributed by atoms with Gasteiger partial charge >= 0.3 is 0 Å². The Morgan fingerprint density at radius 1 is 1.14 bits per heavy atom. The number of carbonyl (C=O) groups excluding carboxylic acids is 2. The molecule has 2 heterocycles. The minimum atomic E-state index is -4.00. The number of hydroxylamine groups is 1. The first-order valence-corrected chi connectivity index (χ1v) is 12.5. The van der Waals surface area contributed by atoms with Crippen LogP contribution in [0.2, 0.25) is 0 Å². The lowest BCUT2D eigenvalue weighted by atomic mass is 10.0. The van der Waals surface area contributed by atoms with E-state index in [1.807, 2.05) is 37.3 Å². The van der Waals surface area contributed by atoms with Crippen molar-refractivity contribution in [3.05, 3.63) is 65.9 Å². The van der Waals surface area contributed by atoms with E-state index in [4.69, 9.17) is 9.94 Å². The second kappa shape index (κ2) is 9.98. The van der Waals surface area contributed by atoms with Crippen molar-refractivity contribution in [2.45, 2.75) is 31.4 Å². The molecule has 0 unspecified atom stereocenters. The molecular weight excluding hydrogens is 472 g/mol. The van der Waals surface area contributed by atoms with Crippen LogP contribution < -0.4 is 14.9 Å². The number of nitrogens with zero attached hydrogens (tertiary/aromatic N) is 2. The van der Waals surface area contributed by atoms with Crippen LogP contribution in [0.15, 0.2) is 59.5 Å². The molecule has 1 fully saturated rings. The molecule has 0 saturated carbocycles.